The van der Waals surface area contributed by atoms with Crippen LogP contribution in [0.4, 0.5) is 0 Å². The van der Waals surface area contributed by atoms with Crippen molar-refractivity contribution in [3.05, 3.63) is 0 Å². The molecule has 0 N–H and O–H groups in total. The monoisotopic (exact) mass is 732 g/mol. The van der Waals surface area contributed by atoms with E-state index in [0.29, 0.717) is 109 Å². The van der Waals surface area contributed by atoms with Crippen LogP contribution in [-0.2, 0) is 66.3 Å². The highest BCUT2D eigenvalue weighted by Crippen LogP contribution is 2.30. The maximum atomic E-state index is 5.81. The fraction of sp³-hybridized carbons (Fsp3) is 1.00. The molecule has 1 saturated carbocycles. The van der Waals surface area contributed by atoms with E-state index in [0.717, 1.165) is 90.9 Å². The molecule has 51 heavy (non-hydrogen) atoms. The molecule has 7 unspecified atom stereocenters. The molecule has 0 aromatic rings. The summed E-state index contributed by atoms with van der Waals surface area (Å²) in [5, 5.41) is 0. The average Bonchev–Trinajstić information content (AvgIpc) is 3.91. The van der Waals surface area contributed by atoms with Crippen molar-refractivity contribution in [3.8, 4) is 0 Å². The number of epoxide rings is 7. The first kappa shape index (κ1) is 40.1. The van der Waals surface area contributed by atoms with Crippen LogP contribution in [0.5, 0.6) is 0 Å². The van der Waals surface area contributed by atoms with Gasteiger partial charge >= 0.3 is 0 Å². The predicted molar refractivity (Wildman–Crippen MR) is 182 cm³/mol. The molecule has 7 aliphatic heterocycles. The van der Waals surface area contributed by atoms with E-state index >= 15 is 0 Å². The van der Waals surface area contributed by atoms with Crippen LogP contribution in [-0.4, -0.2) is 181 Å². The Morgan fingerprint density at radius 1 is 0.373 bits per heavy atom. The van der Waals surface area contributed by atoms with E-state index in [2.05, 4.69) is 6.92 Å². The Morgan fingerprint density at radius 3 is 0.882 bits per heavy atom. The zero-order valence-corrected chi connectivity index (χ0v) is 30.8. The lowest BCUT2D eigenvalue weighted by Crippen LogP contribution is -2.38. The minimum atomic E-state index is -0.0985. The van der Waals surface area contributed by atoms with Crippen molar-refractivity contribution in [3.63, 3.8) is 0 Å². The minimum Gasteiger partial charge on any atom is -0.378 e. The molecule has 0 aromatic carbocycles. The maximum absolute atomic E-state index is 5.81. The molecule has 0 spiro atoms. The van der Waals surface area contributed by atoms with Crippen LogP contribution < -0.4 is 0 Å². The summed E-state index contributed by atoms with van der Waals surface area (Å²) in [4.78, 5) is 0. The van der Waals surface area contributed by atoms with Gasteiger partial charge in [0, 0.05) is 18.6 Å². The van der Waals surface area contributed by atoms with E-state index in [1.54, 1.807) is 0 Å². The predicted octanol–water partition coefficient (Wildman–Crippen LogP) is 2.07. The lowest BCUT2D eigenvalue weighted by atomic mass is 9.83. The van der Waals surface area contributed by atoms with Gasteiger partial charge in [-0.25, -0.2) is 0 Å². The summed E-state index contributed by atoms with van der Waals surface area (Å²) in [6.07, 6.45) is 8.52. The molecule has 0 aromatic heterocycles. The van der Waals surface area contributed by atoms with Gasteiger partial charge in [-0.15, -0.1) is 0 Å². The van der Waals surface area contributed by atoms with Crippen LogP contribution in [0.15, 0.2) is 0 Å². The molecule has 8 rings (SSSR count). The van der Waals surface area contributed by atoms with Crippen molar-refractivity contribution in [1.29, 1.82) is 0 Å². The summed E-state index contributed by atoms with van der Waals surface area (Å²) >= 11 is 0. The normalized spacial score (nSPS) is 34.6. The average molecular weight is 733 g/mol. The molecule has 7 atom stereocenters. The van der Waals surface area contributed by atoms with Crippen LogP contribution in [0.25, 0.3) is 0 Å². The molecule has 0 radical (unpaired) electrons. The second kappa shape index (κ2) is 22.1. The third-order valence-electron chi connectivity index (χ3n) is 9.96. The topological polar surface area (TPSA) is 152 Å². The standard InChI is InChI=1S/C15H26O6.C14H24O4.C8H14O4/c1-2-15(9-16-3-12-6-19-12,10-17-4-13-7-20-13)11-18-5-14-8-21-14;1-2-12(6-16-8-14-10-18-14)4-3-11(1)5-15-7-13-9-17-13;1(9-3-7-5-11-7)2-10-4-8-6-12-8/h12-14H,2-11H2,1H3;11-14H,1-10H2;7-8H,1-6H2. The molecule has 14 nitrogen and oxygen atoms in total. The van der Waals surface area contributed by atoms with E-state index in [1.165, 1.54) is 25.7 Å². The van der Waals surface area contributed by atoms with Gasteiger partial charge in [0.15, 0.2) is 0 Å². The first-order valence-corrected chi connectivity index (χ1v) is 19.5. The van der Waals surface area contributed by atoms with Gasteiger partial charge in [0.05, 0.1) is 126 Å². The van der Waals surface area contributed by atoms with E-state index < -0.39 is 0 Å². The molecule has 8 aliphatic rings. The molecule has 8 fully saturated rings. The smallest absolute Gasteiger partial charge is 0.104 e. The van der Waals surface area contributed by atoms with Gasteiger partial charge in [-0.2, -0.15) is 0 Å². The van der Waals surface area contributed by atoms with Crippen molar-refractivity contribution in [2.75, 3.05) is 139 Å². The molecule has 0 amide bonds. The molecule has 7 saturated heterocycles. The van der Waals surface area contributed by atoms with Crippen LogP contribution in [0.3, 0.4) is 0 Å². The molecular weight excluding hydrogens is 668 g/mol. The first-order chi connectivity index (χ1) is 25.1. The molecule has 14 heteroatoms. The van der Waals surface area contributed by atoms with Crippen molar-refractivity contribution in [1.82, 2.24) is 0 Å². The van der Waals surface area contributed by atoms with Gasteiger partial charge in [0.1, 0.15) is 42.7 Å². The van der Waals surface area contributed by atoms with Crippen LogP contribution >= 0.6 is 0 Å². The summed E-state index contributed by atoms with van der Waals surface area (Å²) in [6, 6.07) is 0. The Bertz CT molecular complexity index is 821. The Labute approximate surface area is 303 Å². The van der Waals surface area contributed by atoms with Crippen molar-refractivity contribution in [2.24, 2.45) is 17.3 Å². The van der Waals surface area contributed by atoms with Gasteiger partial charge in [0.2, 0.25) is 0 Å². The van der Waals surface area contributed by atoms with Gasteiger partial charge in [-0.05, 0) is 43.9 Å². The highest BCUT2D eigenvalue weighted by atomic mass is 16.6. The van der Waals surface area contributed by atoms with Gasteiger partial charge in [0.25, 0.3) is 0 Å². The largest absolute Gasteiger partial charge is 0.378 e. The zero-order chi connectivity index (χ0) is 35.0. The SMILES string of the molecule is C(COCC1CO1)OCC1CO1.C1CC(COCC2CO2)CCC1COCC1CO1.CCC(COCC1CO1)(COCC1CO1)COCC1CO1. The molecular formula is C37H64O14. The van der Waals surface area contributed by atoms with E-state index in [-0.39, 0.29) is 5.41 Å². The van der Waals surface area contributed by atoms with Crippen molar-refractivity contribution < 1.29 is 66.3 Å². The third kappa shape index (κ3) is 19.6. The summed E-state index contributed by atoms with van der Waals surface area (Å²) in [6.45, 7) is 18.2. The van der Waals surface area contributed by atoms with Crippen molar-refractivity contribution >= 4 is 0 Å². The van der Waals surface area contributed by atoms with E-state index in [9.17, 15) is 0 Å². The van der Waals surface area contributed by atoms with Gasteiger partial charge in [-0.3, -0.25) is 0 Å². The Kier molecular flexibility index (Phi) is 17.4. The lowest BCUT2D eigenvalue weighted by molar-refractivity contribution is -0.0762. The second-order valence-electron chi connectivity index (χ2n) is 15.2. The Morgan fingerprint density at radius 2 is 0.627 bits per heavy atom. The summed E-state index contributed by atoms with van der Waals surface area (Å²) in [7, 11) is 0. The lowest BCUT2D eigenvalue weighted by Gasteiger charge is -2.32. The van der Waals surface area contributed by atoms with Crippen molar-refractivity contribution in [2.45, 2.75) is 81.8 Å². The zero-order valence-electron chi connectivity index (χ0n) is 30.8. The van der Waals surface area contributed by atoms with Crippen LogP contribution in [0.1, 0.15) is 39.0 Å². The maximum Gasteiger partial charge on any atom is 0.104 e. The first-order valence-electron chi connectivity index (χ1n) is 19.5. The van der Waals surface area contributed by atoms with E-state index in [4.69, 9.17) is 66.3 Å². The molecule has 7 heterocycles. The summed E-state index contributed by atoms with van der Waals surface area (Å²) in [5.74, 6) is 1.51. The number of ether oxygens (including phenoxy) is 14. The highest BCUT2D eigenvalue weighted by Gasteiger charge is 2.34. The Balaban J connectivity index is 0.000000136. The fourth-order valence-corrected chi connectivity index (χ4v) is 5.65. The van der Waals surface area contributed by atoms with Gasteiger partial charge in [-0.1, -0.05) is 6.92 Å². The van der Waals surface area contributed by atoms with Crippen LogP contribution in [0.2, 0.25) is 0 Å². The number of hydrogen-bond acceptors (Lipinski definition) is 14. The second-order valence-corrected chi connectivity index (χ2v) is 15.2. The highest BCUT2D eigenvalue weighted by molar-refractivity contribution is 4.81. The summed E-state index contributed by atoms with van der Waals surface area (Å²) in [5.41, 5.74) is -0.0985. The minimum absolute atomic E-state index is 0.0985. The third-order valence-corrected chi connectivity index (χ3v) is 9.96. The quantitative estimate of drug-likeness (QED) is 0.0853. The van der Waals surface area contributed by atoms with Crippen LogP contribution in [0, 0.1) is 17.3 Å². The molecule has 296 valence electrons. The van der Waals surface area contributed by atoms with Gasteiger partial charge < -0.3 is 66.3 Å². The Hall–Kier alpha value is -0.560. The number of hydrogen-bond donors (Lipinski definition) is 0. The number of rotatable bonds is 28. The molecule has 1 aliphatic carbocycles. The molecule has 0 bridgehead atoms. The fourth-order valence-electron chi connectivity index (χ4n) is 5.65. The summed E-state index contributed by atoms with van der Waals surface area (Å²) < 4.78 is 75.1. The van der Waals surface area contributed by atoms with E-state index in [1.807, 2.05) is 0 Å².